The van der Waals surface area contributed by atoms with Crippen LogP contribution in [0.3, 0.4) is 0 Å². The highest BCUT2D eigenvalue weighted by atomic mass is 32.2. The molecule has 0 spiro atoms. The zero-order valence-electron chi connectivity index (χ0n) is 12.8. The maximum Gasteiger partial charge on any atom is 0.446 e. The number of anilines is 1. The van der Waals surface area contributed by atoms with E-state index in [1.54, 1.807) is 5.32 Å². The summed E-state index contributed by atoms with van der Waals surface area (Å²) in [4.78, 5) is 22.3. The zero-order valence-corrected chi connectivity index (χ0v) is 13.6. The van der Waals surface area contributed by atoms with Crippen molar-refractivity contribution in [2.24, 2.45) is 0 Å². The highest BCUT2D eigenvalue weighted by Crippen LogP contribution is 2.39. The van der Waals surface area contributed by atoms with Crippen LogP contribution >= 0.6 is 11.8 Å². The standard InChI is InChI=1S/C15H7F7N2O2S/c16-6-2-1-3-7(17)10(6)13(25)24-14(26)23-8-4-5-9(12(19)11(8)18)27-15(20,21)22/h1-5H,(H2,23,24,25,26). The number of nitrogens with one attached hydrogen (secondary N) is 2. The molecule has 0 heterocycles. The first-order valence-electron chi connectivity index (χ1n) is 6.79. The van der Waals surface area contributed by atoms with Gasteiger partial charge in [-0.1, -0.05) is 6.07 Å². The lowest BCUT2D eigenvalue weighted by Gasteiger charge is -2.11. The molecule has 0 radical (unpaired) electrons. The van der Waals surface area contributed by atoms with Gasteiger partial charge in [0.05, 0.1) is 10.6 Å². The number of carbonyl (C=O) groups is 2. The van der Waals surface area contributed by atoms with Crippen LogP contribution in [0.1, 0.15) is 10.4 Å². The Morgan fingerprint density at radius 3 is 2.04 bits per heavy atom. The summed E-state index contributed by atoms with van der Waals surface area (Å²) in [5, 5.41) is 3.14. The second kappa shape index (κ2) is 7.86. The predicted molar refractivity (Wildman–Crippen MR) is 81.1 cm³/mol. The number of carbonyl (C=O) groups excluding carboxylic acids is 2. The van der Waals surface area contributed by atoms with Crippen molar-refractivity contribution in [3.05, 3.63) is 59.2 Å². The average Bonchev–Trinajstić information content (AvgIpc) is 2.53. The Hall–Kier alpha value is -2.76. The second-order valence-electron chi connectivity index (χ2n) is 4.79. The lowest BCUT2D eigenvalue weighted by atomic mass is 10.2. The topological polar surface area (TPSA) is 58.2 Å². The highest BCUT2D eigenvalue weighted by molar-refractivity contribution is 8.00. The van der Waals surface area contributed by atoms with Crippen LogP contribution in [0.4, 0.5) is 41.2 Å². The summed E-state index contributed by atoms with van der Waals surface area (Å²) in [6.45, 7) is 0. The third-order valence-electron chi connectivity index (χ3n) is 2.94. The van der Waals surface area contributed by atoms with E-state index in [-0.39, 0.29) is 0 Å². The van der Waals surface area contributed by atoms with Crippen LogP contribution in [0.2, 0.25) is 0 Å². The SMILES string of the molecule is O=C(NC(=O)c1c(F)cccc1F)Nc1ccc(SC(F)(F)F)c(F)c1F. The van der Waals surface area contributed by atoms with Crippen molar-refractivity contribution >= 4 is 29.4 Å². The summed E-state index contributed by atoms with van der Waals surface area (Å²) in [7, 11) is 0. The minimum absolute atomic E-state index is 0.560. The van der Waals surface area contributed by atoms with Crippen LogP contribution in [0.25, 0.3) is 0 Å². The van der Waals surface area contributed by atoms with E-state index in [1.807, 2.05) is 0 Å². The maximum absolute atomic E-state index is 13.8. The lowest BCUT2D eigenvalue weighted by Crippen LogP contribution is -2.35. The van der Waals surface area contributed by atoms with Crippen molar-refractivity contribution in [3.63, 3.8) is 0 Å². The largest absolute Gasteiger partial charge is 0.446 e. The van der Waals surface area contributed by atoms with Crippen LogP contribution in [0.15, 0.2) is 35.2 Å². The van der Waals surface area contributed by atoms with Crippen LogP contribution in [0, 0.1) is 23.3 Å². The Labute approximate surface area is 150 Å². The molecule has 27 heavy (non-hydrogen) atoms. The number of urea groups is 1. The smallest absolute Gasteiger partial charge is 0.305 e. The number of imide groups is 1. The Balaban J connectivity index is 2.14. The molecule has 12 heteroatoms. The van der Waals surface area contributed by atoms with Gasteiger partial charge in [0.1, 0.15) is 17.2 Å². The number of benzene rings is 2. The minimum Gasteiger partial charge on any atom is -0.305 e. The van der Waals surface area contributed by atoms with Gasteiger partial charge in [-0.2, -0.15) is 13.2 Å². The van der Waals surface area contributed by atoms with Gasteiger partial charge in [0.2, 0.25) is 0 Å². The summed E-state index contributed by atoms with van der Waals surface area (Å²) in [6, 6.07) is 2.17. The van der Waals surface area contributed by atoms with E-state index in [4.69, 9.17) is 0 Å². The monoisotopic (exact) mass is 412 g/mol. The van der Waals surface area contributed by atoms with Crippen molar-refractivity contribution in [3.8, 4) is 0 Å². The lowest BCUT2D eigenvalue weighted by molar-refractivity contribution is -0.0329. The molecule has 0 unspecified atom stereocenters. The minimum atomic E-state index is -4.87. The van der Waals surface area contributed by atoms with Crippen LogP contribution in [0.5, 0.6) is 0 Å². The molecule has 3 amide bonds. The van der Waals surface area contributed by atoms with E-state index in [1.165, 1.54) is 5.32 Å². The van der Waals surface area contributed by atoms with Gasteiger partial charge in [0.25, 0.3) is 5.91 Å². The number of alkyl halides is 3. The van der Waals surface area contributed by atoms with Gasteiger partial charge in [-0.25, -0.2) is 22.4 Å². The first kappa shape index (κ1) is 20.6. The van der Waals surface area contributed by atoms with Gasteiger partial charge in [-0.15, -0.1) is 0 Å². The van der Waals surface area contributed by atoms with Gasteiger partial charge >= 0.3 is 11.5 Å². The van der Waals surface area contributed by atoms with Crippen molar-refractivity contribution in [1.82, 2.24) is 5.32 Å². The fourth-order valence-electron chi connectivity index (χ4n) is 1.87. The molecule has 0 aliphatic heterocycles. The van der Waals surface area contributed by atoms with E-state index < -0.39 is 68.6 Å². The van der Waals surface area contributed by atoms with Crippen molar-refractivity contribution in [2.75, 3.05) is 5.32 Å². The van der Waals surface area contributed by atoms with E-state index >= 15 is 0 Å². The molecule has 4 nitrogen and oxygen atoms in total. The summed E-state index contributed by atoms with van der Waals surface area (Å²) in [6.07, 6.45) is 0. The van der Waals surface area contributed by atoms with Gasteiger partial charge in [0, 0.05) is 0 Å². The quantitative estimate of drug-likeness (QED) is 0.562. The molecule has 144 valence electrons. The van der Waals surface area contributed by atoms with Crippen molar-refractivity contribution < 1.29 is 40.3 Å². The molecular formula is C15H7F7N2O2S. The highest BCUT2D eigenvalue weighted by Gasteiger charge is 2.32. The molecule has 0 aromatic heterocycles. The number of hydrogen-bond donors (Lipinski definition) is 2. The Morgan fingerprint density at radius 1 is 0.889 bits per heavy atom. The summed E-state index contributed by atoms with van der Waals surface area (Å²) in [5.41, 5.74) is -6.84. The molecular weight excluding hydrogens is 405 g/mol. The molecule has 2 N–H and O–H groups in total. The van der Waals surface area contributed by atoms with Gasteiger partial charge in [0.15, 0.2) is 11.6 Å². The predicted octanol–water partition coefficient (Wildman–Crippen LogP) is 4.82. The van der Waals surface area contributed by atoms with E-state index in [0.29, 0.717) is 12.1 Å². The fourth-order valence-corrected chi connectivity index (χ4v) is 2.43. The number of thioether (sulfide) groups is 1. The molecule has 0 saturated heterocycles. The Kier molecular flexibility index (Phi) is 5.98. The van der Waals surface area contributed by atoms with Gasteiger partial charge in [-0.3, -0.25) is 10.1 Å². The maximum atomic E-state index is 13.8. The van der Waals surface area contributed by atoms with Crippen LogP contribution in [-0.4, -0.2) is 17.4 Å². The molecule has 0 aliphatic carbocycles. The van der Waals surface area contributed by atoms with Crippen molar-refractivity contribution in [2.45, 2.75) is 10.4 Å². The second-order valence-corrected chi connectivity index (χ2v) is 5.90. The molecule has 2 aromatic carbocycles. The summed E-state index contributed by atoms with van der Waals surface area (Å²) in [5.74, 6) is -7.74. The van der Waals surface area contributed by atoms with E-state index in [0.717, 1.165) is 18.2 Å². The first-order chi connectivity index (χ1) is 12.5. The van der Waals surface area contributed by atoms with E-state index in [9.17, 15) is 40.3 Å². The number of halogens is 7. The number of amides is 3. The molecule has 0 bridgehead atoms. The van der Waals surface area contributed by atoms with E-state index in [2.05, 4.69) is 0 Å². The average molecular weight is 412 g/mol. The molecule has 0 aliphatic rings. The molecule has 0 atom stereocenters. The van der Waals surface area contributed by atoms with Gasteiger partial charge < -0.3 is 5.32 Å². The van der Waals surface area contributed by atoms with Crippen LogP contribution < -0.4 is 10.6 Å². The van der Waals surface area contributed by atoms with Crippen molar-refractivity contribution in [1.29, 1.82) is 0 Å². The summed E-state index contributed by atoms with van der Waals surface area (Å²) < 4.78 is 91.0. The fraction of sp³-hybridized carbons (Fsp3) is 0.0667. The summed E-state index contributed by atoms with van der Waals surface area (Å²) >= 11 is -0.901. The molecule has 2 aromatic rings. The Bertz CT molecular complexity index is 882. The molecule has 0 fully saturated rings. The molecule has 2 rings (SSSR count). The van der Waals surface area contributed by atoms with Gasteiger partial charge in [-0.05, 0) is 36.0 Å². The molecule has 0 saturated carbocycles. The number of rotatable bonds is 3. The third kappa shape index (κ3) is 5.12. The Morgan fingerprint density at radius 2 is 1.48 bits per heavy atom. The van der Waals surface area contributed by atoms with Crippen LogP contribution in [-0.2, 0) is 0 Å². The number of hydrogen-bond acceptors (Lipinski definition) is 3. The third-order valence-corrected chi connectivity index (χ3v) is 3.70. The zero-order chi connectivity index (χ0) is 20.4. The normalized spacial score (nSPS) is 11.2. The first-order valence-corrected chi connectivity index (χ1v) is 7.61.